The van der Waals surface area contributed by atoms with E-state index in [0.717, 1.165) is 79.5 Å². The van der Waals surface area contributed by atoms with Gasteiger partial charge in [-0.2, -0.15) is 0 Å². The number of fused-ring (bicyclic) bond motifs is 6. The molecule has 11 heteroatoms. The smallest absolute Gasteiger partial charge is 0.221 e. The third kappa shape index (κ3) is 8.55. The monoisotopic (exact) mass is 657 g/mol. The van der Waals surface area contributed by atoms with Gasteiger partial charge >= 0.3 is 0 Å². The summed E-state index contributed by atoms with van der Waals surface area (Å²) in [6, 6.07) is 24.5. The Balaban J connectivity index is 0.825. The largest absolute Gasteiger partial charge is 0.369 e. The summed E-state index contributed by atoms with van der Waals surface area (Å²) >= 11 is 0. The summed E-state index contributed by atoms with van der Waals surface area (Å²) in [5.74, 6) is 1.57. The molecule has 6 rings (SSSR count). The van der Waals surface area contributed by atoms with E-state index >= 15 is 0 Å². The lowest BCUT2D eigenvalue weighted by molar-refractivity contribution is -0.121. The zero-order chi connectivity index (χ0) is 34.0. The maximum atomic E-state index is 12.3. The number of hydrogen-bond acceptors (Lipinski definition) is 9. The van der Waals surface area contributed by atoms with Gasteiger partial charge in [-0.3, -0.25) is 9.59 Å². The van der Waals surface area contributed by atoms with Crippen LogP contribution in [0.15, 0.2) is 72.8 Å². The van der Waals surface area contributed by atoms with Crippen LogP contribution < -0.4 is 26.6 Å². The second-order valence-electron chi connectivity index (χ2n) is 12.2. The molecule has 0 fully saturated rings. The fraction of sp³-hybridized carbons (Fsp3) is 0.316. The molecule has 0 aliphatic rings. The fourth-order valence-corrected chi connectivity index (χ4v) is 5.88. The molecule has 0 spiro atoms. The van der Waals surface area contributed by atoms with Gasteiger partial charge in [0.15, 0.2) is 11.3 Å². The second kappa shape index (κ2) is 16.1. The van der Waals surface area contributed by atoms with Crippen LogP contribution in [0.2, 0.25) is 0 Å². The molecule has 4 aromatic heterocycles. The highest BCUT2D eigenvalue weighted by Gasteiger charge is 2.11. The number of nitrogens with zero attached hydrogens (tertiary/aromatic N) is 4. The number of amides is 2. The number of aryl methyl sites for hydroxylation is 2. The Bertz CT molecular complexity index is 1950. The van der Waals surface area contributed by atoms with Crippen molar-refractivity contribution in [2.45, 2.75) is 39.5 Å². The molecule has 2 amide bonds. The third-order valence-corrected chi connectivity index (χ3v) is 8.40. The summed E-state index contributed by atoms with van der Waals surface area (Å²) in [5, 5.41) is 22.4. The number of hydrogen-bond donors (Lipinski definition) is 5. The van der Waals surface area contributed by atoms with Gasteiger partial charge < -0.3 is 26.6 Å². The molecule has 0 aliphatic carbocycles. The first-order valence-electron chi connectivity index (χ1n) is 17.0. The average Bonchev–Trinajstić information content (AvgIpc) is 3.10. The molecule has 4 heterocycles. The van der Waals surface area contributed by atoms with E-state index in [0.29, 0.717) is 52.1 Å². The average molecular weight is 658 g/mol. The Kier molecular flexibility index (Phi) is 11.0. The molecule has 0 bridgehead atoms. The van der Waals surface area contributed by atoms with Crippen LogP contribution in [0.1, 0.15) is 37.1 Å². The van der Waals surface area contributed by atoms with Gasteiger partial charge in [0.25, 0.3) is 0 Å². The van der Waals surface area contributed by atoms with Crippen molar-refractivity contribution < 1.29 is 9.59 Å². The highest BCUT2D eigenvalue weighted by atomic mass is 16.2. The number of benzene rings is 2. The van der Waals surface area contributed by atoms with Crippen molar-refractivity contribution in [3.05, 3.63) is 84.2 Å². The number of nitrogens with one attached hydrogen (secondary N) is 5. The van der Waals surface area contributed by atoms with E-state index in [9.17, 15) is 9.59 Å². The van der Waals surface area contributed by atoms with Crippen molar-refractivity contribution in [2.75, 3.05) is 49.9 Å². The van der Waals surface area contributed by atoms with Crippen LogP contribution in [0.5, 0.6) is 0 Å². The standard InChI is InChI=1S/C38H43N9O2/c1-25-13-15-31-27-9-3-5-11-29(27)35(46-37(31)44-25)42-21-7-19-40-33(48)17-23-39-24-18-34(49)41-20-8-22-43-36-30-12-6-4-10-28(30)32-16-14-26(2)45-38(32)47-36/h3-6,9-16,39H,7-8,17-24H2,1-2H3,(H,40,48)(H,41,49)(H,42,44,46)(H,43,45,47). The van der Waals surface area contributed by atoms with E-state index < -0.39 is 0 Å². The summed E-state index contributed by atoms with van der Waals surface area (Å²) in [6.07, 6.45) is 2.23. The molecule has 49 heavy (non-hydrogen) atoms. The van der Waals surface area contributed by atoms with E-state index in [1.807, 2.05) is 50.2 Å². The van der Waals surface area contributed by atoms with Gasteiger partial charge in [0.1, 0.15) is 11.6 Å². The fourth-order valence-electron chi connectivity index (χ4n) is 5.88. The van der Waals surface area contributed by atoms with Crippen LogP contribution in [0, 0.1) is 13.8 Å². The number of carbonyl (C=O) groups is 2. The van der Waals surface area contributed by atoms with Crippen molar-refractivity contribution >= 4 is 67.1 Å². The first-order valence-corrected chi connectivity index (χ1v) is 17.0. The Hall–Kier alpha value is -5.42. The van der Waals surface area contributed by atoms with Gasteiger partial charge in [0.2, 0.25) is 11.8 Å². The van der Waals surface area contributed by atoms with Gasteiger partial charge in [-0.1, -0.05) is 48.5 Å². The van der Waals surface area contributed by atoms with Crippen molar-refractivity contribution in [3.63, 3.8) is 0 Å². The van der Waals surface area contributed by atoms with E-state index in [4.69, 9.17) is 9.97 Å². The molecule has 0 unspecified atom stereocenters. The minimum atomic E-state index is -0.0157. The van der Waals surface area contributed by atoms with Crippen LogP contribution in [0.4, 0.5) is 11.6 Å². The van der Waals surface area contributed by atoms with E-state index in [1.165, 1.54) is 0 Å². The normalized spacial score (nSPS) is 11.3. The lowest BCUT2D eigenvalue weighted by Crippen LogP contribution is -2.32. The molecule has 5 N–H and O–H groups in total. The molecule has 252 valence electrons. The number of rotatable bonds is 16. The molecule has 11 nitrogen and oxygen atoms in total. The van der Waals surface area contributed by atoms with Gasteiger partial charge in [-0.05, 0) is 61.7 Å². The quantitative estimate of drug-likeness (QED) is 0.0682. The number of aromatic nitrogens is 4. The number of pyridine rings is 4. The summed E-state index contributed by atoms with van der Waals surface area (Å²) in [7, 11) is 0. The highest BCUT2D eigenvalue weighted by Crippen LogP contribution is 2.29. The lowest BCUT2D eigenvalue weighted by Gasteiger charge is -2.12. The Morgan fingerprint density at radius 2 is 0.918 bits per heavy atom. The molecular formula is C38H43N9O2. The minimum absolute atomic E-state index is 0.0157. The van der Waals surface area contributed by atoms with Crippen LogP contribution in [0.3, 0.4) is 0 Å². The maximum Gasteiger partial charge on any atom is 0.221 e. The van der Waals surface area contributed by atoms with Crippen LogP contribution >= 0.6 is 0 Å². The summed E-state index contributed by atoms with van der Waals surface area (Å²) in [6.45, 7) is 7.44. The zero-order valence-corrected chi connectivity index (χ0v) is 28.1. The van der Waals surface area contributed by atoms with E-state index in [2.05, 4.69) is 73.0 Å². The van der Waals surface area contributed by atoms with Crippen LogP contribution in [0.25, 0.3) is 43.6 Å². The SMILES string of the molecule is Cc1ccc2c(n1)nc(NCCCNC(=O)CCNCCC(=O)NCCCNc1nc3nc(C)ccc3c3ccccc13)c1ccccc12. The first kappa shape index (κ1) is 33.5. The summed E-state index contributed by atoms with van der Waals surface area (Å²) in [5.41, 5.74) is 3.31. The van der Waals surface area contributed by atoms with Crippen molar-refractivity contribution in [3.8, 4) is 0 Å². The zero-order valence-electron chi connectivity index (χ0n) is 28.1. The topological polar surface area (TPSA) is 146 Å². The highest BCUT2D eigenvalue weighted by molar-refractivity contribution is 6.10. The molecule has 6 aromatic rings. The predicted octanol–water partition coefficient (Wildman–Crippen LogP) is 5.40. The second-order valence-corrected chi connectivity index (χ2v) is 12.2. The van der Waals surface area contributed by atoms with Gasteiger partial charge in [0.05, 0.1) is 0 Å². The molecular weight excluding hydrogens is 614 g/mol. The lowest BCUT2D eigenvalue weighted by atomic mass is 10.1. The molecule has 0 saturated heterocycles. The Morgan fingerprint density at radius 1 is 0.490 bits per heavy atom. The summed E-state index contributed by atoms with van der Waals surface area (Å²) in [4.78, 5) is 43.4. The van der Waals surface area contributed by atoms with Crippen LogP contribution in [-0.2, 0) is 9.59 Å². The van der Waals surface area contributed by atoms with Crippen molar-refractivity contribution in [2.24, 2.45) is 0 Å². The molecule has 0 saturated carbocycles. The predicted molar refractivity (Wildman–Crippen MR) is 198 cm³/mol. The molecule has 0 aliphatic heterocycles. The summed E-state index contributed by atoms with van der Waals surface area (Å²) < 4.78 is 0. The Labute approximate surface area is 285 Å². The van der Waals surface area contributed by atoms with Crippen LogP contribution in [-0.4, -0.2) is 71.0 Å². The number of anilines is 2. The van der Waals surface area contributed by atoms with Gasteiger partial charge in [-0.15, -0.1) is 0 Å². The maximum absolute atomic E-state index is 12.3. The van der Waals surface area contributed by atoms with E-state index in [1.54, 1.807) is 0 Å². The van der Waals surface area contributed by atoms with Crippen molar-refractivity contribution in [1.82, 2.24) is 35.9 Å². The number of carbonyl (C=O) groups excluding carboxylic acids is 2. The van der Waals surface area contributed by atoms with Gasteiger partial charge in [-0.25, -0.2) is 19.9 Å². The molecule has 2 aromatic carbocycles. The third-order valence-electron chi connectivity index (χ3n) is 8.40. The Morgan fingerprint density at radius 3 is 1.37 bits per heavy atom. The molecule has 0 radical (unpaired) electrons. The first-order chi connectivity index (χ1) is 24.0. The van der Waals surface area contributed by atoms with Gasteiger partial charge in [0, 0.05) is 85.0 Å². The molecule has 0 atom stereocenters. The minimum Gasteiger partial charge on any atom is -0.369 e. The van der Waals surface area contributed by atoms with Crippen molar-refractivity contribution in [1.29, 1.82) is 0 Å². The van der Waals surface area contributed by atoms with E-state index in [-0.39, 0.29) is 11.8 Å².